The standard InChI is InChI=1S/C10H8F3N3OS/c11-5-1-2-6(8(13)7(5)12)15-9(17)16-10-14-3-4-18-10/h1-2H,3-4H2,(H2,14,15,16,17). The Labute approximate surface area is 105 Å². The van der Waals surface area contributed by atoms with Crippen LogP contribution in [0.3, 0.4) is 0 Å². The number of nitrogens with zero attached hydrogens (tertiary/aromatic N) is 1. The van der Waals surface area contributed by atoms with Crippen molar-refractivity contribution in [1.82, 2.24) is 5.32 Å². The zero-order valence-corrected chi connectivity index (χ0v) is 9.78. The van der Waals surface area contributed by atoms with E-state index in [2.05, 4.69) is 15.6 Å². The highest BCUT2D eigenvalue weighted by Gasteiger charge is 2.16. The Morgan fingerprint density at radius 1 is 1.22 bits per heavy atom. The van der Waals surface area contributed by atoms with Crippen molar-refractivity contribution in [2.45, 2.75) is 0 Å². The molecular weight excluding hydrogens is 267 g/mol. The van der Waals surface area contributed by atoms with Crippen molar-refractivity contribution in [2.24, 2.45) is 4.99 Å². The van der Waals surface area contributed by atoms with Crippen LogP contribution >= 0.6 is 11.8 Å². The number of hydrogen-bond donors (Lipinski definition) is 2. The van der Waals surface area contributed by atoms with Crippen LogP contribution in [-0.2, 0) is 0 Å². The molecule has 1 aliphatic rings. The Bertz CT molecular complexity index is 521. The maximum absolute atomic E-state index is 13.2. The van der Waals surface area contributed by atoms with Crippen LogP contribution in [0.5, 0.6) is 0 Å². The van der Waals surface area contributed by atoms with Gasteiger partial charge in [0.05, 0.1) is 12.2 Å². The number of aliphatic imine (C=N–C) groups is 1. The number of carbonyl (C=O) groups is 1. The summed E-state index contributed by atoms with van der Waals surface area (Å²) in [4.78, 5) is 15.4. The van der Waals surface area contributed by atoms with Gasteiger partial charge >= 0.3 is 6.03 Å². The largest absolute Gasteiger partial charge is 0.325 e. The van der Waals surface area contributed by atoms with Crippen LogP contribution in [0, 0.1) is 17.5 Å². The summed E-state index contributed by atoms with van der Waals surface area (Å²) < 4.78 is 38.8. The lowest BCUT2D eigenvalue weighted by molar-refractivity contribution is 0.256. The third-order valence-electron chi connectivity index (χ3n) is 2.09. The molecule has 0 radical (unpaired) electrons. The average molecular weight is 275 g/mol. The maximum atomic E-state index is 13.2. The number of urea groups is 1. The summed E-state index contributed by atoms with van der Waals surface area (Å²) in [6, 6.07) is 0.917. The van der Waals surface area contributed by atoms with E-state index in [-0.39, 0.29) is 0 Å². The van der Waals surface area contributed by atoms with Gasteiger partial charge in [0.15, 0.2) is 22.6 Å². The number of amides is 2. The average Bonchev–Trinajstić information content (AvgIpc) is 2.83. The van der Waals surface area contributed by atoms with E-state index < -0.39 is 29.2 Å². The fourth-order valence-electron chi connectivity index (χ4n) is 1.28. The molecule has 2 N–H and O–H groups in total. The zero-order valence-electron chi connectivity index (χ0n) is 8.97. The number of amidine groups is 1. The molecule has 1 aromatic carbocycles. The van der Waals surface area contributed by atoms with Gasteiger partial charge in [0, 0.05) is 5.75 Å². The molecule has 0 aromatic heterocycles. The lowest BCUT2D eigenvalue weighted by Gasteiger charge is -2.08. The Kier molecular flexibility index (Phi) is 3.75. The first-order chi connectivity index (χ1) is 8.58. The number of anilines is 1. The number of hydrogen-bond acceptors (Lipinski definition) is 3. The third kappa shape index (κ3) is 2.76. The van der Waals surface area contributed by atoms with Crippen molar-refractivity contribution >= 4 is 28.6 Å². The van der Waals surface area contributed by atoms with Crippen molar-refractivity contribution in [3.05, 3.63) is 29.6 Å². The molecule has 0 unspecified atom stereocenters. The van der Waals surface area contributed by atoms with Crippen LogP contribution in [0.15, 0.2) is 17.1 Å². The summed E-state index contributed by atoms with van der Waals surface area (Å²) in [6.45, 7) is 0.597. The highest BCUT2D eigenvalue weighted by atomic mass is 32.2. The molecule has 0 aliphatic carbocycles. The van der Waals surface area contributed by atoms with Crippen molar-refractivity contribution in [3.63, 3.8) is 0 Å². The minimum atomic E-state index is -1.62. The van der Waals surface area contributed by atoms with Gasteiger partial charge in [-0.2, -0.15) is 0 Å². The monoisotopic (exact) mass is 275 g/mol. The predicted molar refractivity (Wildman–Crippen MR) is 63.2 cm³/mol. The van der Waals surface area contributed by atoms with Gasteiger partial charge in [0.1, 0.15) is 0 Å². The van der Waals surface area contributed by atoms with Gasteiger partial charge in [-0.15, -0.1) is 0 Å². The summed E-state index contributed by atoms with van der Waals surface area (Å²) >= 11 is 1.34. The molecule has 0 saturated heterocycles. The Morgan fingerprint density at radius 2 is 2.00 bits per heavy atom. The van der Waals surface area contributed by atoms with Crippen LogP contribution in [0.25, 0.3) is 0 Å². The van der Waals surface area contributed by atoms with E-state index in [1.165, 1.54) is 11.8 Å². The van der Waals surface area contributed by atoms with E-state index in [1.54, 1.807) is 0 Å². The molecule has 0 spiro atoms. The van der Waals surface area contributed by atoms with Crippen LogP contribution in [0.2, 0.25) is 0 Å². The minimum absolute atomic E-state index is 0.412. The SMILES string of the molecule is O=C(NC1=NCCS1)Nc1ccc(F)c(F)c1F. The molecule has 2 rings (SSSR count). The van der Waals surface area contributed by atoms with Crippen molar-refractivity contribution in [3.8, 4) is 0 Å². The molecule has 2 amide bonds. The summed E-state index contributed by atoms with van der Waals surface area (Å²) in [7, 11) is 0. The van der Waals surface area contributed by atoms with E-state index in [4.69, 9.17) is 0 Å². The van der Waals surface area contributed by atoms with Crippen molar-refractivity contribution in [2.75, 3.05) is 17.6 Å². The van der Waals surface area contributed by atoms with Crippen LogP contribution in [-0.4, -0.2) is 23.5 Å². The number of benzene rings is 1. The molecule has 1 aliphatic heterocycles. The predicted octanol–water partition coefficient (Wildman–Crippen LogP) is 2.33. The molecule has 0 atom stereocenters. The van der Waals surface area contributed by atoms with Gasteiger partial charge in [-0.1, -0.05) is 11.8 Å². The fourth-order valence-corrected chi connectivity index (χ4v) is 2.01. The quantitative estimate of drug-likeness (QED) is 0.773. The third-order valence-corrected chi connectivity index (χ3v) is 2.98. The molecule has 1 heterocycles. The second kappa shape index (κ2) is 5.30. The maximum Gasteiger partial charge on any atom is 0.325 e. The minimum Gasteiger partial charge on any atom is -0.305 e. The molecular formula is C10H8F3N3OS. The fraction of sp³-hybridized carbons (Fsp3) is 0.200. The normalized spacial score (nSPS) is 14.3. The number of halogens is 3. The van der Waals surface area contributed by atoms with Crippen LogP contribution < -0.4 is 10.6 Å². The van der Waals surface area contributed by atoms with Gasteiger partial charge in [0.25, 0.3) is 0 Å². The van der Waals surface area contributed by atoms with Crippen molar-refractivity contribution in [1.29, 1.82) is 0 Å². The molecule has 8 heteroatoms. The Balaban J connectivity index is 2.05. The first-order valence-corrected chi connectivity index (χ1v) is 5.95. The summed E-state index contributed by atoms with van der Waals surface area (Å²) in [5, 5.41) is 4.86. The second-order valence-corrected chi connectivity index (χ2v) is 4.42. The van der Waals surface area contributed by atoms with E-state index in [0.717, 1.165) is 17.9 Å². The topological polar surface area (TPSA) is 53.5 Å². The molecule has 96 valence electrons. The van der Waals surface area contributed by atoms with Gasteiger partial charge in [0.2, 0.25) is 0 Å². The lowest BCUT2D eigenvalue weighted by atomic mass is 10.3. The van der Waals surface area contributed by atoms with Gasteiger partial charge in [-0.25, -0.2) is 18.0 Å². The van der Waals surface area contributed by atoms with E-state index in [9.17, 15) is 18.0 Å². The van der Waals surface area contributed by atoms with Gasteiger partial charge in [-0.3, -0.25) is 10.3 Å². The molecule has 1 aromatic rings. The highest BCUT2D eigenvalue weighted by Crippen LogP contribution is 2.19. The van der Waals surface area contributed by atoms with Crippen LogP contribution in [0.4, 0.5) is 23.7 Å². The molecule has 18 heavy (non-hydrogen) atoms. The smallest absolute Gasteiger partial charge is 0.305 e. The Hall–Kier alpha value is -1.70. The van der Waals surface area contributed by atoms with E-state index in [1.807, 2.05) is 0 Å². The highest BCUT2D eigenvalue weighted by molar-refractivity contribution is 8.14. The van der Waals surface area contributed by atoms with Crippen molar-refractivity contribution < 1.29 is 18.0 Å². The number of thioether (sulfide) groups is 1. The van der Waals surface area contributed by atoms with E-state index in [0.29, 0.717) is 11.7 Å². The summed E-state index contributed by atoms with van der Waals surface area (Å²) in [5.74, 6) is -3.62. The van der Waals surface area contributed by atoms with E-state index >= 15 is 0 Å². The van der Waals surface area contributed by atoms with Gasteiger partial charge in [-0.05, 0) is 12.1 Å². The number of rotatable bonds is 1. The van der Waals surface area contributed by atoms with Gasteiger partial charge < -0.3 is 5.32 Å². The van der Waals surface area contributed by atoms with Crippen LogP contribution in [0.1, 0.15) is 0 Å². The first kappa shape index (κ1) is 12.7. The lowest BCUT2D eigenvalue weighted by Crippen LogP contribution is -2.32. The number of nitrogens with one attached hydrogen (secondary N) is 2. The summed E-state index contributed by atoms with van der Waals surface area (Å²) in [6.07, 6.45) is 0. The zero-order chi connectivity index (χ0) is 13.1. The molecule has 0 fully saturated rings. The Morgan fingerprint density at radius 3 is 2.67 bits per heavy atom. The molecule has 0 bridgehead atoms. The molecule has 4 nitrogen and oxygen atoms in total. The first-order valence-electron chi connectivity index (χ1n) is 4.96. The number of carbonyl (C=O) groups excluding carboxylic acids is 1. The summed E-state index contributed by atoms with van der Waals surface area (Å²) in [5.41, 5.74) is -0.435. The second-order valence-electron chi connectivity index (χ2n) is 3.34. The molecule has 0 saturated carbocycles.